The van der Waals surface area contributed by atoms with Crippen molar-refractivity contribution >= 4 is 11.6 Å². The van der Waals surface area contributed by atoms with Crippen molar-refractivity contribution in [1.82, 2.24) is 14.5 Å². The van der Waals surface area contributed by atoms with Gasteiger partial charge >= 0.3 is 0 Å². The quantitative estimate of drug-likeness (QED) is 0.606. The average Bonchev–Trinajstić information content (AvgIpc) is 3.23. The molecule has 4 rings (SSSR count). The van der Waals surface area contributed by atoms with Gasteiger partial charge in [0.25, 0.3) is 5.91 Å². The van der Waals surface area contributed by atoms with Crippen LogP contribution in [-0.2, 0) is 24.8 Å². The molecule has 2 heterocycles. The number of aromatic nitrogens is 2. The Hall–Kier alpha value is -3.16. The zero-order chi connectivity index (χ0) is 21.5. The fraction of sp³-hybridized carbons (Fsp3) is 0.333. The molecule has 0 spiro atoms. The van der Waals surface area contributed by atoms with Crippen molar-refractivity contribution in [3.63, 3.8) is 0 Å². The van der Waals surface area contributed by atoms with Gasteiger partial charge < -0.3 is 19.4 Å². The number of ether oxygens (including phenoxy) is 2. The summed E-state index contributed by atoms with van der Waals surface area (Å²) in [6.07, 6.45) is 4.61. The largest absolute Gasteiger partial charge is 0.486 e. The summed E-state index contributed by atoms with van der Waals surface area (Å²) in [5.74, 6) is 1.40. The zero-order valence-electron chi connectivity index (χ0n) is 17.8. The highest BCUT2D eigenvalue weighted by molar-refractivity contribution is 6.04. The van der Waals surface area contributed by atoms with Gasteiger partial charge in [-0.15, -0.1) is 0 Å². The summed E-state index contributed by atoms with van der Waals surface area (Å²) in [7, 11) is 1.93. The Labute approximate surface area is 182 Å². The highest BCUT2D eigenvalue weighted by Crippen LogP contribution is 2.16. The van der Waals surface area contributed by atoms with Crippen LogP contribution < -0.4 is 10.1 Å². The molecule has 1 fully saturated rings. The highest BCUT2D eigenvalue weighted by atomic mass is 16.5. The van der Waals surface area contributed by atoms with Crippen molar-refractivity contribution in [3.05, 3.63) is 77.9 Å². The Kier molecular flexibility index (Phi) is 6.96. The van der Waals surface area contributed by atoms with Crippen LogP contribution in [0.1, 0.15) is 21.7 Å². The monoisotopic (exact) mass is 420 g/mol. The maximum Gasteiger partial charge on any atom is 0.255 e. The number of anilines is 1. The molecule has 0 bridgehead atoms. The predicted molar refractivity (Wildman–Crippen MR) is 119 cm³/mol. The van der Waals surface area contributed by atoms with E-state index >= 15 is 0 Å². The third kappa shape index (κ3) is 5.93. The Balaban J connectivity index is 1.26. The van der Waals surface area contributed by atoms with Gasteiger partial charge in [-0.25, -0.2) is 4.98 Å². The molecule has 7 heteroatoms. The van der Waals surface area contributed by atoms with Crippen LogP contribution >= 0.6 is 0 Å². The van der Waals surface area contributed by atoms with Crippen LogP contribution in [0.3, 0.4) is 0 Å². The lowest BCUT2D eigenvalue weighted by molar-refractivity contribution is 0.0384. The van der Waals surface area contributed by atoms with Gasteiger partial charge in [0.2, 0.25) is 0 Å². The molecule has 1 saturated heterocycles. The molecule has 0 radical (unpaired) electrons. The number of carbonyl (C=O) groups is 1. The molecular formula is C24H28N4O3. The van der Waals surface area contributed by atoms with E-state index < -0.39 is 0 Å². The first-order valence-corrected chi connectivity index (χ1v) is 10.6. The van der Waals surface area contributed by atoms with E-state index in [-0.39, 0.29) is 5.91 Å². The lowest BCUT2D eigenvalue weighted by Crippen LogP contribution is -2.37. The summed E-state index contributed by atoms with van der Waals surface area (Å²) < 4.78 is 13.0. The van der Waals surface area contributed by atoms with Crippen LogP contribution in [0.15, 0.2) is 60.9 Å². The van der Waals surface area contributed by atoms with Gasteiger partial charge in [-0.3, -0.25) is 9.69 Å². The summed E-state index contributed by atoms with van der Waals surface area (Å²) in [4.78, 5) is 19.2. The van der Waals surface area contributed by atoms with Gasteiger partial charge in [0, 0.05) is 50.3 Å². The maximum absolute atomic E-state index is 12.5. The minimum absolute atomic E-state index is 0.142. The molecule has 2 aromatic carbocycles. The summed E-state index contributed by atoms with van der Waals surface area (Å²) in [5.41, 5.74) is 2.63. The fourth-order valence-electron chi connectivity index (χ4n) is 3.46. The number of benzene rings is 2. The second-order valence-electron chi connectivity index (χ2n) is 7.62. The number of hydrogen-bond acceptors (Lipinski definition) is 5. The topological polar surface area (TPSA) is 68.6 Å². The Bertz CT molecular complexity index is 977. The van der Waals surface area contributed by atoms with Crippen LogP contribution in [0.4, 0.5) is 5.69 Å². The van der Waals surface area contributed by atoms with E-state index in [1.807, 2.05) is 29.9 Å². The van der Waals surface area contributed by atoms with E-state index in [1.54, 1.807) is 30.5 Å². The first-order chi connectivity index (χ1) is 15.2. The van der Waals surface area contributed by atoms with Gasteiger partial charge in [0.1, 0.15) is 18.2 Å². The molecule has 3 aromatic rings. The smallest absolute Gasteiger partial charge is 0.255 e. The maximum atomic E-state index is 12.5. The van der Waals surface area contributed by atoms with Crippen LogP contribution in [0.5, 0.6) is 5.75 Å². The molecule has 7 nitrogen and oxygen atoms in total. The predicted octanol–water partition coefficient (Wildman–Crippen LogP) is 3.13. The van der Waals surface area contributed by atoms with Gasteiger partial charge in [-0.1, -0.05) is 12.1 Å². The Morgan fingerprint density at radius 2 is 1.84 bits per heavy atom. The second-order valence-corrected chi connectivity index (χ2v) is 7.62. The molecule has 0 atom stereocenters. The van der Waals surface area contributed by atoms with Crippen molar-refractivity contribution < 1.29 is 14.3 Å². The normalized spacial score (nSPS) is 14.4. The molecule has 1 N–H and O–H groups in total. The summed E-state index contributed by atoms with van der Waals surface area (Å²) in [5, 5.41) is 2.95. The average molecular weight is 421 g/mol. The van der Waals surface area contributed by atoms with E-state index in [0.29, 0.717) is 17.9 Å². The lowest BCUT2D eigenvalue weighted by Gasteiger charge is -2.26. The molecule has 0 unspecified atom stereocenters. The molecule has 1 aliphatic rings. The minimum Gasteiger partial charge on any atom is -0.486 e. The Morgan fingerprint density at radius 3 is 2.52 bits per heavy atom. The first-order valence-electron chi connectivity index (χ1n) is 10.6. The molecule has 0 saturated carbocycles. The van der Waals surface area contributed by atoms with Crippen molar-refractivity contribution in [3.8, 4) is 5.75 Å². The van der Waals surface area contributed by atoms with Gasteiger partial charge in [-0.2, -0.15) is 0 Å². The first kappa shape index (κ1) is 21.1. The van der Waals surface area contributed by atoms with E-state index in [9.17, 15) is 4.79 Å². The number of hydrogen-bond donors (Lipinski definition) is 1. The zero-order valence-corrected chi connectivity index (χ0v) is 17.8. The molecular weight excluding hydrogens is 392 g/mol. The van der Waals surface area contributed by atoms with Crippen molar-refractivity contribution in [2.75, 3.05) is 38.2 Å². The van der Waals surface area contributed by atoms with Crippen LogP contribution in [-0.4, -0.2) is 53.2 Å². The van der Waals surface area contributed by atoms with E-state index in [1.165, 1.54) is 5.56 Å². The number of morpholine rings is 1. The fourth-order valence-corrected chi connectivity index (χ4v) is 3.46. The molecule has 1 aromatic heterocycles. The molecule has 31 heavy (non-hydrogen) atoms. The summed E-state index contributed by atoms with van der Waals surface area (Å²) >= 11 is 0. The molecule has 0 aliphatic carbocycles. The number of imidazole rings is 1. The van der Waals surface area contributed by atoms with Gasteiger partial charge in [-0.05, 0) is 48.4 Å². The number of nitrogens with one attached hydrogen (secondary N) is 1. The number of carbonyl (C=O) groups excluding carboxylic acids is 1. The van der Waals surface area contributed by atoms with Crippen LogP contribution in [0, 0.1) is 0 Å². The molecule has 1 aliphatic heterocycles. The number of rotatable bonds is 8. The van der Waals surface area contributed by atoms with Gasteiger partial charge in [0.05, 0.1) is 13.2 Å². The second kappa shape index (κ2) is 10.2. The Morgan fingerprint density at radius 1 is 1.10 bits per heavy atom. The molecule has 162 valence electrons. The van der Waals surface area contributed by atoms with Crippen molar-refractivity contribution in [1.29, 1.82) is 0 Å². The lowest BCUT2D eigenvalue weighted by atomic mass is 10.1. The van der Waals surface area contributed by atoms with E-state index in [0.717, 1.165) is 50.8 Å². The summed E-state index contributed by atoms with van der Waals surface area (Å²) in [6.45, 7) is 5.06. The van der Waals surface area contributed by atoms with Crippen molar-refractivity contribution in [2.45, 2.75) is 13.0 Å². The van der Waals surface area contributed by atoms with E-state index in [2.05, 4.69) is 27.3 Å². The third-order valence-corrected chi connectivity index (χ3v) is 5.44. The van der Waals surface area contributed by atoms with Crippen LogP contribution in [0.25, 0.3) is 0 Å². The standard InChI is InChI=1S/C24H28N4O3/c1-27-13-11-25-23(27)18-31-22-8-4-20(5-9-22)24(29)26-21-6-2-19(3-7-21)10-12-28-14-16-30-17-15-28/h2-9,11,13H,10,12,14-18H2,1H3,(H,26,29). The van der Waals surface area contributed by atoms with Gasteiger partial charge in [0.15, 0.2) is 0 Å². The summed E-state index contributed by atoms with van der Waals surface area (Å²) in [6, 6.07) is 15.2. The van der Waals surface area contributed by atoms with E-state index in [4.69, 9.17) is 9.47 Å². The third-order valence-electron chi connectivity index (χ3n) is 5.44. The number of nitrogens with zero attached hydrogens (tertiary/aromatic N) is 3. The van der Waals surface area contributed by atoms with Crippen LogP contribution in [0.2, 0.25) is 0 Å². The highest BCUT2D eigenvalue weighted by Gasteiger charge is 2.10. The SMILES string of the molecule is Cn1ccnc1COc1ccc(C(=O)Nc2ccc(CCN3CCOCC3)cc2)cc1. The number of aryl methyl sites for hydroxylation is 1. The number of amides is 1. The molecule has 1 amide bonds. The minimum atomic E-state index is -0.142. The van der Waals surface area contributed by atoms with Crippen molar-refractivity contribution in [2.24, 2.45) is 7.05 Å².